The number of methoxy groups -OCH3 is 1. The van der Waals surface area contributed by atoms with Crippen molar-refractivity contribution in [3.63, 3.8) is 0 Å². The van der Waals surface area contributed by atoms with Gasteiger partial charge in [0, 0.05) is 24.3 Å². The van der Waals surface area contributed by atoms with Crippen LogP contribution in [0.4, 0.5) is 0 Å². The molecule has 3 heteroatoms. The lowest BCUT2D eigenvalue weighted by molar-refractivity contribution is 0.0606. The van der Waals surface area contributed by atoms with Gasteiger partial charge in [-0.25, -0.2) is 0 Å². The summed E-state index contributed by atoms with van der Waals surface area (Å²) in [5.41, 5.74) is 2.30. The van der Waals surface area contributed by atoms with Crippen LogP contribution in [0.5, 0.6) is 0 Å². The van der Waals surface area contributed by atoms with Crippen LogP contribution < -0.4 is 0 Å². The number of rotatable bonds is 4. The van der Waals surface area contributed by atoms with Crippen molar-refractivity contribution in [3.8, 4) is 0 Å². The van der Waals surface area contributed by atoms with Crippen LogP contribution in [0.1, 0.15) is 22.0 Å². The molecule has 0 spiro atoms. The van der Waals surface area contributed by atoms with Gasteiger partial charge >= 0.3 is 0 Å². The summed E-state index contributed by atoms with van der Waals surface area (Å²) >= 11 is 0. The van der Waals surface area contributed by atoms with Crippen molar-refractivity contribution >= 4 is 16.7 Å². The summed E-state index contributed by atoms with van der Waals surface area (Å²) in [6.45, 7) is 0. The molecule has 0 aliphatic carbocycles. The highest BCUT2D eigenvalue weighted by atomic mass is 16.5. The Hall–Kier alpha value is -2.52. The van der Waals surface area contributed by atoms with Crippen LogP contribution in [0.3, 0.4) is 0 Å². The van der Waals surface area contributed by atoms with Crippen LogP contribution in [-0.2, 0) is 4.74 Å². The minimum Gasteiger partial charge on any atom is -0.369 e. The maximum atomic E-state index is 12.8. The van der Waals surface area contributed by atoms with E-state index in [2.05, 4.69) is 4.98 Å². The Labute approximate surface area is 123 Å². The first kappa shape index (κ1) is 13.5. The predicted octanol–water partition coefficient (Wildman–Crippen LogP) is 3.81. The molecule has 104 valence electrons. The molecule has 0 amide bonds. The van der Waals surface area contributed by atoms with E-state index in [0.29, 0.717) is 5.56 Å². The first-order valence-corrected chi connectivity index (χ1v) is 6.77. The zero-order valence-corrected chi connectivity index (χ0v) is 11.7. The van der Waals surface area contributed by atoms with Gasteiger partial charge in [0.1, 0.15) is 6.10 Å². The summed E-state index contributed by atoms with van der Waals surface area (Å²) < 4.78 is 5.43. The number of carbonyl (C=O) groups is 1. The van der Waals surface area contributed by atoms with Gasteiger partial charge in [-0.05, 0) is 17.7 Å². The van der Waals surface area contributed by atoms with E-state index < -0.39 is 6.10 Å². The zero-order chi connectivity index (χ0) is 14.7. The number of carbonyl (C=O) groups excluding carboxylic acids is 1. The molecule has 1 unspecified atom stereocenters. The molecule has 1 heterocycles. The fourth-order valence-electron chi connectivity index (χ4n) is 2.48. The van der Waals surface area contributed by atoms with Crippen molar-refractivity contribution < 1.29 is 9.53 Å². The third-order valence-corrected chi connectivity index (χ3v) is 3.49. The topological polar surface area (TPSA) is 39.2 Å². The van der Waals surface area contributed by atoms with Gasteiger partial charge in [-0.2, -0.15) is 0 Å². The molecule has 1 aromatic heterocycles. The second-order valence-electron chi connectivity index (χ2n) is 4.77. The number of ether oxygens (including phenoxy) is 1. The largest absolute Gasteiger partial charge is 0.369 e. The summed E-state index contributed by atoms with van der Waals surface area (Å²) in [7, 11) is 1.55. The van der Waals surface area contributed by atoms with Gasteiger partial charge in [-0.1, -0.05) is 48.5 Å². The highest BCUT2D eigenvalue weighted by Gasteiger charge is 2.23. The fourth-order valence-corrected chi connectivity index (χ4v) is 2.48. The number of benzene rings is 2. The molecule has 3 rings (SSSR count). The van der Waals surface area contributed by atoms with Gasteiger partial charge in [-0.15, -0.1) is 0 Å². The molecule has 0 fully saturated rings. The summed E-state index contributed by atoms with van der Waals surface area (Å²) in [6, 6.07) is 18.8. The van der Waals surface area contributed by atoms with Gasteiger partial charge in [0.05, 0.1) is 5.52 Å². The second kappa shape index (κ2) is 5.85. The Kier molecular flexibility index (Phi) is 3.75. The monoisotopic (exact) mass is 277 g/mol. The predicted molar refractivity (Wildman–Crippen MR) is 82.3 cm³/mol. The van der Waals surface area contributed by atoms with E-state index in [1.165, 1.54) is 0 Å². The molecule has 0 N–H and O–H groups in total. The molecule has 0 saturated heterocycles. The van der Waals surface area contributed by atoms with Crippen LogP contribution in [-0.4, -0.2) is 17.9 Å². The van der Waals surface area contributed by atoms with Crippen LogP contribution in [0.15, 0.2) is 66.9 Å². The van der Waals surface area contributed by atoms with Crippen molar-refractivity contribution in [3.05, 3.63) is 78.0 Å². The van der Waals surface area contributed by atoms with Crippen molar-refractivity contribution in [1.82, 2.24) is 4.98 Å². The average Bonchev–Trinajstić information content (AvgIpc) is 2.56. The SMILES string of the molecule is COC(C(=O)c1cccc2ncccc12)c1ccccc1. The Morgan fingerprint density at radius 2 is 1.81 bits per heavy atom. The average molecular weight is 277 g/mol. The molecule has 0 bridgehead atoms. The summed E-state index contributed by atoms with van der Waals surface area (Å²) in [6.07, 6.45) is 1.12. The summed E-state index contributed by atoms with van der Waals surface area (Å²) in [5.74, 6) is -0.0534. The van der Waals surface area contributed by atoms with Crippen molar-refractivity contribution in [2.45, 2.75) is 6.10 Å². The Morgan fingerprint density at radius 1 is 1.00 bits per heavy atom. The van der Waals surface area contributed by atoms with Crippen molar-refractivity contribution in [1.29, 1.82) is 0 Å². The molecular formula is C18H15NO2. The number of pyridine rings is 1. The molecule has 2 aromatic carbocycles. The standard InChI is InChI=1S/C18H15NO2/c1-21-18(13-7-3-2-4-8-13)17(20)15-9-5-11-16-14(15)10-6-12-19-16/h2-12,18H,1H3. The second-order valence-corrected chi connectivity index (χ2v) is 4.77. The highest BCUT2D eigenvalue weighted by Crippen LogP contribution is 2.25. The van der Waals surface area contributed by atoms with Crippen molar-refractivity contribution in [2.75, 3.05) is 7.11 Å². The molecule has 0 saturated carbocycles. The molecule has 1 atom stereocenters. The van der Waals surface area contributed by atoms with Crippen LogP contribution in [0, 0.1) is 0 Å². The Morgan fingerprint density at radius 3 is 2.57 bits per heavy atom. The van der Waals surface area contributed by atoms with E-state index in [1.807, 2.05) is 60.7 Å². The molecular weight excluding hydrogens is 262 g/mol. The maximum absolute atomic E-state index is 12.8. The lowest BCUT2D eigenvalue weighted by Crippen LogP contribution is -2.15. The van der Waals surface area contributed by atoms with Gasteiger partial charge in [0.15, 0.2) is 5.78 Å². The van der Waals surface area contributed by atoms with Gasteiger partial charge in [0.2, 0.25) is 0 Å². The third kappa shape index (κ3) is 2.56. The number of nitrogens with zero attached hydrogens (tertiary/aromatic N) is 1. The zero-order valence-electron chi connectivity index (χ0n) is 11.7. The third-order valence-electron chi connectivity index (χ3n) is 3.49. The number of hydrogen-bond acceptors (Lipinski definition) is 3. The lowest BCUT2D eigenvalue weighted by atomic mass is 9.97. The van der Waals surface area contributed by atoms with E-state index in [-0.39, 0.29) is 5.78 Å². The van der Waals surface area contributed by atoms with E-state index in [1.54, 1.807) is 13.3 Å². The number of fused-ring (bicyclic) bond motifs is 1. The molecule has 3 aromatic rings. The smallest absolute Gasteiger partial charge is 0.196 e. The number of aromatic nitrogens is 1. The van der Waals surface area contributed by atoms with Crippen LogP contribution in [0.2, 0.25) is 0 Å². The van der Waals surface area contributed by atoms with Gasteiger partial charge in [0.25, 0.3) is 0 Å². The van der Waals surface area contributed by atoms with Crippen molar-refractivity contribution in [2.24, 2.45) is 0 Å². The lowest BCUT2D eigenvalue weighted by Gasteiger charge is -2.15. The quantitative estimate of drug-likeness (QED) is 0.681. The van der Waals surface area contributed by atoms with Crippen LogP contribution in [0.25, 0.3) is 10.9 Å². The summed E-state index contributed by atoms with van der Waals surface area (Å²) in [4.78, 5) is 17.1. The number of hydrogen-bond donors (Lipinski definition) is 0. The maximum Gasteiger partial charge on any atom is 0.196 e. The fraction of sp³-hybridized carbons (Fsp3) is 0.111. The van der Waals surface area contributed by atoms with E-state index in [4.69, 9.17) is 4.74 Å². The molecule has 0 aliphatic rings. The normalized spacial score (nSPS) is 12.2. The first-order chi connectivity index (χ1) is 10.3. The molecule has 0 aliphatic heterocycles. The number of Topliss-reactive ketones (excluding diaryl/α,β-unsaturated/α-hetero) is 1. The van der Waals surface area contributed by atoms with Gasteiger partial charge < -0.3 is 4.74 Å². The minimum atomic E-state index is -0.600. The first-order valence-electron chi connectivity index (χ1n) is 6.77. The Balaban J connectivity index is 2.07. The van der Waals surface area contributed by atoms with Gasteiger partial charge in [-0.3, -0.25) is 9.78 Å². The van der Waals surface area contributed by atoms with E-state index in [0.717, 1.165) is 16.5 Å². The minimum absolute atomic E-state index is 0.0534. The van der Waals surface area contributed by atoms with E-state index >= 15 is 0 Å². The molecule has 0 radical (unpaired) electrons. The molecule has 3 nitrogen and oxygen atoms in total. The number of ketones is 1. The highest BCUT2D eigenvalue weighted by molar-refractivity contribution is 6.09. The van der Waals surface area contributed by atoms with Crippen LogP contribution >= 0.6 is 0 Å². The molecule has 21 heavy (non-hydrogen) atoms. The summed E-state index contributed by atoms with van der Waals surface area (Å²) in [5, 5.41) is 0.850. The Bertz CT molecular complexity index is 763. The van der Waals surface area contributed by atoms with E-state index in [9.17, 15) is 4.79 Å².